The van der Waals surface area contributed by atoms with E-state index in [0.717, 1.165) is 0 Å². The van der Waals surface area contributed by atoms with E-state index in [1.54, 1.807) is 45.0 Å². The molecular formula is C20H19N5O5. The van der Waals surface area contributed by atoms with Crippen molar-refractivity contribution >= 4 is 17.7 Å². The third-order valence-electron chi connectivity index (χ3n) is 4.08. The number of nitrogens with zero attached hydrogens (tertiary/aromatic N) is 5. The minimum Gasteiger partial charge on any atom is -0.455 e. The van der Waals surface area contributed by atoms with Crippen LogP contribution in [0.1, 0.15) is 31.3 Å². The molecule has 0 atom stereocenters. The Kier molecular flexibility index (Phi) is 4.90. The van der Waals surface area contributed by atoms with Crippen LogP contribution in [0, 0.1) is 0 Å². The smallest absolute Gasteiger partial charge is 0.414 e. The minimum atomic E-state index is -0.626. The lowest BCUT2D eigenvalue weighted by Gasteiger charge is -2.18. The minimum absolute atomic E-state index is 0.0821. The number of aromatic nitrogens is 4. The SMILES string of the molecule is CC(C)(C)OC(=O)c1cnc(-c2nc(-c3cccc(N4CCOC4=O)c3)no2)cn1. The van der Waals surface area contributed by atoms with E-state index >= 15 is 0 Å². The summed E-state index contributed by atoms with van der Waals surface area (Å²) in [7, 11) is 0. The second-order valence-corrected chi connectivity index (χ2v) is 7.53. The van der Waals surface area contributed by atoms with Crippen molar-refractivity contribution in [2.24, 2.45) is 0 Å². The third kappa shape index (κ3) is 4.12. The molecule has 0 unspecified atom stereocenters. The molecule has 1 aromatic carbocycles. The highest BCUT2D eigenvalue weighted by molar-refractivity contribution is 5.90. The molecule has 30 heavy (non-hydrogen) atoms. The van der Waals surface area contributed by atoms with Crippen molar-refractivity contribution in [1.82, 2.24) is 20.1 Å². The Labute approximate surface area is 171 Å². The van der Waals surface area contributed by atoms with Crippen molar-refractivity contribution in [3.05, 3.63) is 42.4 Å². The zero-order valence-corrected chi connectivity index (χ0v) is 16.7. The fourth-order valence-corrected chi connectivity index (χ4v) is 2.76. The number of rotatable bonds is 4. The zero-order chi connectivity index (χ0) is 21.3. The Morgan fingerprint density at radius 2 is 2.03 bits per heavy atom. The van der Waals surface area contributed by atoms with Gasteiger partial charge in [0, 0.05) is 11.3 Å². The van der Waals surface area contributed by atoms with Crippen LogP contribution >= 0.6 is 0 Å². The maximum atomic E-state index is 12.0. The van der Waals surface area contributed by atoms with E-state index < -0.39 is 11.6 Å². The molecule has 1 aliphatic rings. The lowest BCUT2D eigenvalue weighted by atomic mass is 10.2. The molecular weight excluding hydrogens is 390 g/mol. The van der Waals surface area contributed by atoms with E-state index in [0.29, 0.717) is 35.9 Å². The maximum Gasteiger partial charge on any atom is 0.414 e. The van der Waals surface area contributed by atoms with Crippen LogP contribution in [0.25, 0.3) is 23.0 Å². The summed E-state index contributed by atoms with van der Waals surface area (Å²) >= 11 is 0. The predicted octanol–water partition coefficient (Wildman–Crippen LogP) is 3.11. The summed E-state index contributed by atoms with van der Waals surface area (Å²) in [5, 5.41) is 3.98. The van der Waals surface area contributed by atoms with E-state index in [1.165, 1.54) is 17.3 Å². The summed E-state index contributed by atoms with van der Waals surface area (Å²) in [6.07, 6.45) is 2.28. The standard InChI is InChI=1S/C20H19N5O5/c1-20(2,3)29-18(26)15-11-21-14(10-22-15)17-23-16(24-30-17)12-5-4-6-13(9-12)25-7-8-28-19(25)27/h4-6,9-11H,7-8H2,1-3H3. The Morgan fingerprint density at radius 3 is 2.70 bits per heavy atom. The highest BCUT2D eigenvalue weighted by Crippen LogP contribution is 2.26. The van der Waals surface area contributed by atoms with E-state index in [4.69, 9.17) is 14.0 Å². The molecule has 4 rings (SSSR count). The largest absolute Gasteiger partial charge is 0.455 e. The normalized spacial score (nSPS) is 14.0. The average molecular weight is 409 g/mol. The Hall–Kier alpha value is -3.82. The number of hydrogen-bond acceptors (Lipinski definition) is 9. The zero-order valence-electron chi connectivity index (χ0n) is 16.7. The van der Waals surface area contributed by atoms with Gasteiger partial charge in [-0.3, -0.25) is 4.90 Å². The number of carbonyl (C=O) groups excluding carboxylic acids is 2. The highest BCUT2D eigenvalue weighted by Gasteiger charge is 2.24. The van der Waals surface area contributed by atoms with Crippen molar-refractivity contribution in [2.45, 2.75) is 26.4 Å². The van der Waals surface area contributed by atoms with Crippen LogP contribution in [0.3, 0.4) is 0 Å². The first-order valence-corrected chi connectivity index (χ1v) is 9.24. The molecule has 3 aromatic rings. The third-order valence-corrected chi connectivity index (χ3v) is 4.08. The van der Waals surface area contributed by atoms with Gasteiger partial charge < -0.3 is 14.0 Å². The van der Waals surface area contributed by atoms with Gasteiger partial charge in [-0.2, -0.15) is 4.98 Å². The Morgan fingerprint density at radius 1 is 1.20 bits per heavy atom. The van der Waals surface area contributed by atoms with Crippen molar-refractivity contribution in [1.29, 1.82) is 0 Å². The molecule has 1 saturated heterocycles. The highest BCUT2D eigenvalue weighted by atomic mass is 16.6. The lowest BCUT2D eigenvalue weighted by Crippen LogP contribution is -2.24. The van der Waals surface area contributed by atoms with Crippen LogP contribution < -0.4 is 4.90 Å². The van der Waals surface area contributed by atoms with E-state index in [2.05, 4.69) is 20.1 Å². The number of hydrogen-bond donors (Lipinski definition) is 0. The van der Waals surface area contributed by atoms with Gasteiger partial charge in [0.15, 0.2) is 5.69 Å². The summed E-state index contributed by atoms with van der Waals surface area (Å²) in [5.74, 6) is -0.0818. The molecule has 10 nitrogen and oxygen atoms in total. The van der Waals surface area contributed by atoms with Crippen LogP contribution in [0.4, 0.5) is 10.5 Å². The van der Waals surface area contributed by atoms with E-state index in [1.807, 2.05) is 0 Å². The van der Waals surface area contributed by atoms with Crippen LogP contribution in [0.5, 0.6) is 0 Å². The monoisotopic (exact) mass is 409 g/mol. The molecule has 1 fully saturated rings. The number of cyclic esters (lactones) is 1. The number of amides is 1. The van der Waals surface area contributed by atoms with Gasteiger partial charge in [-0.25, -0.2) is 19.6 Å². The van der Waals surface area contributed by atoms with Crippen molar-refractivity contribution in [2.75, 3.05) is 18.1 Å². The average Bonchev–Trinajstić information content (AvgIpc) is 3.36. The molecule has 0 spiro atoms. The molecule has 1 amide bonds. The molecule has 0 bridgehead atoms. The van der Waals surface area contributed by atoms with Crippen LogP contribution in [-0.4, -0.2) is 50.9 Å². The first-order valence-electron chi connectivity index (χ1n) is 9.24. The predicted molar refractivity (Wildman–Crippen MR) is 105 cm³/mol. The number of ether oxygens (including phenoxy) is 2. The maximum absolute atomic E-state index is 12.0. The molecule has 2 aromatic heterocycles. The molecule has 10 heteroatoms. The molecule has 0 N–H and O–H groups in total. The molecule has 0 saturated carbocycles. The Bertz CT molecular complexity index is 1090. The van der Waals surface area contributed by atoms with E-state index in [9.17, 15) is 9.59 Å². The lowest BCUT2D eigenvalue weighted by molar-refractivity contribution is 0.00623. The van der Waals surface area contributed by atoms with Gasteiger partial charge >= 0.3 is 12.1 Å². The molecule has 1 aliphatic heterocycles. The second kappa shape index (κ2) is 7.54. The number of benzene rings is 1. The summed E-state index contributed by atoms with van der Waals surface area (Å²) in [5.41, 5.74) is 1.13. The summed E-state index contributed by atoms with van der Waals surface area (Å²) < 4.78 is 15.5. The topological polar surface area (TPSA) is 121 Å². The summed E-state index contributed by atoms with van der Waals surface area (Å²) in [6, 6.07) is 7.18. The second-order valence-electron chi connectivity index (χ2n) is 7.53. The first kappa shape index (κ1) is 19.5. The van der Waals surface area contributed by atoms with Crippen molar-refractivity contribution in [3.8, 4) is 23.0 Å². The molecule has 0 radical (unpaired) electrons. The number of carbonyl (C=O) groups is 2. The van der Waals surface area contributed by atoms with Crippen molar-refractivity contribution in [3.63, 3.8) is 0 Å². The fourth-order valence-electron chi connectivity index (χ4n) is 2.76. The van der Waals surface area contributed by atoms with Gasteiger partial charge in [-0.05, 0) is 32.9 Å². The quantitative estimate of drug-likeness (QED) is 0.598. The molecule has 0 aliphatic carbocycles. The van der Waals surface area contributed by atoms with Gasteiger partial charge in [-0.1, -0.05) is 17.3 Å². The summed E-state index contributed by atoms with van der Waals surface area (Å²) in [6.45, 7) is 6.16. The Balaban J connectivity index is 1.53. The van der Waals surface area contributed by atoms with Gasteiger partial charge in [-0.15, -0.1) is 0 Å². The van der Waals surface area contributed by atoms with Crippen LogP contribution in [0.2, 0.25) is 0 Å². The first-order chi connectivity index (χ1) is 14.3. The van der Waals surface area contributed by atoms with Crippen molar-refractivity contribution < 1.29 is 23.6 Å². The molecule has 3 heterocycles. The fraction of sp³-hybridized carbons (Fsp3) is 0.300. The van der Waals surface area contributed by atoms with Gasteiger partial charge in [0.1, 0.15) is 17.9 Å². The van der Waals surface area contributed by atoms with Crippen LogP contribution in [-0.2, 0) is 9.47 Å². The van der Waals surface area contributed by atoms with Crippen LogP contribution in [0.15, 0.2) is 41.2 Å². The van der Waals surface area contributed by atoms with Gasteiger partial charge in [0.25, 0.3) is 5.89 Å². The van der Waals surface area contributed by atoms with Gasteiger partial charge in [0.2, 0.25) is 5.82 Å². The summed E-state index contributed by atoms with van der Waals surface area (Å²) in [4.78, 5) is 37.9. The van der Waals surface area contributed by atoms with E-state index in [-0.39, 0.29) is 17.7 Å². The number of esters is 1. The van der Waals surface area contributed by atoms with Gasteiger partial charge in [0.05, 0.1) is 18.9 Å². The number of anilines is 1. The molecule has 154 valence electrons.